The van der Waals surface area contributed by atoms with Gasteiger partial charge in [0.05, 0.1) is 0 Å². The van der Waals surface area contributed by atoms with E-state index in [1.807, 2.05) is 0 Å². The number of piperazine rings is 1. The van der Waals surface area contributed by atoms with Crippen LogP contribution >= 0.6 is 45.2 Å². The van der Waals surface area contributed by atoms with Gasteiger partial charge in [-0.2, -0.15) is 0 Å². The van der Waals surface area contributed by atoms with Gasteiger partial charge < -0.3 is 4.90 Å². The minimum absolute atomic E-state index is 0.673. The summed E-state index contributed by atoms with van der Waals surface area (Å²) in [5, 5.41) is 0. The third kappa shape index (κ3) is 4.24. The molecule has 16 heavy (non-hydrogen) atoms. The van der Waals surface area contributed by atoms with Crippen molar-refractivity contribution < 1.29 is 0 Å². The molecule has 2 aliphatic rings. The SMILES string of the molecule is IC(I)N1CCN(CC2CCCCC2)CC1. The van der Waals surface area contributed by atoms with Crippen LogP contribution in [0.15, 0.2) is 0 Å². The van der Waals surface area contributed by atoms with Crippen LogP contribution in [0.1, 0.15) is 32.1 Å². The summed E-state index contributed by atoms with van der Waals surface area (Å²) in [4.78, 5) is 5.28. The van der Waals surface area contributed by atoms with Crippen LogP contribution < -0.4 is 0 Å². The van der Waals surface area contributed by atoms with E-state index >= 15 is 0 Å². The molecule has 0 atom stereocenters. The first-order valence-corrected chi connectivity index (χ1v) is 8.99. The standard InChI is InChI=1S/C12H22I2N2/c13-12(14)16-8-6-15(7-9-16)10-11-4-2-1-3-5-11/h11-12H,1-10H2. The number of rotatable bonds is 3. The van der Waals surface area contributed by atoms with E-state index < -0.39 is 0 Å². The summed E-state index contributed by atoms with van der Waals surface area (Å²) in [6.45, 7) is 6.49. The number of alkyl halides is 2. The first-order valence-electron chi connectivity index (χ1n) is 6.50. The monoisotopic (exact) mass is 448 g/mol. The Bertz CT molecular complexity index is 197. The highest BCUT2D eigenvalue weighted by atomic mass is 127. The lowest BCUT2D eigenvalue weighted by atomic mass is 9.89. The molecule has 1 saturated carbocycles. The fourth-order valence-electron chi connectivity index (χ4n) is 2.88. The van der Waals surface area contributed by atoms with Gasteiger partial charge in [0.2, 0.25) is 0 Å². The van der Waals surface area contributed by atoms with Crippen molar-refractivity contribution in [2.75, 3.05) is 32.7 Å². The molecule has 0 amide bonds. The quantitative estimate of drug-likeness (QED) is 0.372. The molecular weight excluding hydrogens is 426 g/mol. The highest BCUT2D eigenvalue weighted by Crippen LogP contribution is 2.25. The van der Waals surface area contributed by atoms with E-state index in [0.29, 0.717) is 2.06 Å². The number of hydrogen-bond donors (Lipinski definition) is 0. The highest BCUT2D eigenvalue weighted by Gasteiger charge is 2.23. The van der Waals surface area contributed by atoms with Crippen LogP contribution in [0.25, 0.3) is 0 Å². The van der Waals surface area contributed by atoms with Gasteiger partial charge in [-0.25, -0.2) is 0 Å². The first-order chi connectivity index (χ1) is 7.75. The van der Waals surface area contributed by atoms with Crippen molar-refractivity contribution in [1.82, 2.24) is 9.80 Å². The molecule has 0 radical (unpaired) electrons. The van der Waals surface area contributed by atoms with Gasteiger partial charge in [0, 0.05) is 32.7 Å². The predicted octanol–water partition coefficient (Wildman–Crippen LogP) is 3.34. The van der Waals surface area contributed by atoms with Crippen molar-refractivity contribution in [2.45, 2.75) is 34.2 Å². The molecule has 0 aromatic heterocycles. The van der Waals surface area contributed by atoms with Gasteiger partial charge in [-0.05, 0) is 18.8 Å². The Morgan fingerprint density at radius 1 is 0.938 bits per heavy atom. The summed E-state index contributed by atoms with van der Waals surface area (Å²) in [6, 6.07) is 0. The summed E-state index contributed by atoms with van der Waals surface area (Å²) in [5.41, 5.74) is 0. The van der Waals surface area contributed by atoms with Crippen LogP contribution in [0.4, 0.5) is 0 Å². The Morgan fingerprint density at radius 2 is 1.56 bits per heavy atom. The highest BCUT2D eigenvalue weighted by molar-refractivity contribution is 14.2. The van der Waals surface area contributed by atoms with Crippen LogP contribution in [0, 0.1) is 5.92 Å². The molecule has 4 heteroatoms. The van der Waals surface area contributed by atoms with Crippen LogP contribution in [-0.2, 0) is 0 Å². The summed E-state index contributed by atoms with van der Waals surface area (Å²) < 4.78 is 0.673. The van der Waals surface area contributed by atoms with E-state index in [0.717, 1.165) is 5.92 Å². The molecule has 0 N–H and O–H groups in total. The molecule has 1 heterocycles. The minimum atomic E-state index is 0.673. The lowest BCUT2D eigenvalue weighted by molar-refractivity contribution is 0.121. The third-order valence-electron chi connectivity index (χ3n) is 3.92. The molecule has 0 aromatic rings. The first kappa shape index (κ1) is 13.8. The van der Waals surface area contributed by atoms with Gasteiger partial charge in [0.1, 0.15) is 2.06 Å². The maximum atomic E-state index is 2.70. The van der Waals surface area contributed by atoms with Gasteiger partial charge in [-0.3, -0.25) is 4.90 Å². The lowest BCUT2D eigenvalue weighted by Crippen LogP contribution is -2.48. The van der Waals surface area contributed by atoms with Crippen LogP contribution in [0.3, 0.4) is 0 Å². The van der Waals surface area contributed by atoms with Crippen molar-refractivity contribution in [1.29, 1.82) is 0 Å². The van der Waals surface area contributed by atoms with E-state index in [-0.39, 0.29) is 0 Å². The smallest absolute Gasteiger partial charge is 0.114 e. The summed E-state index contributed by atoms with van der Waals surface area (Å²) in [7, 11) is 0. The molecule has 2 nitrogen and oxygen atoms in total. The number of halogens is 2. The van der Waals surface area contributed by atoms with Crippen molar-refractivity contribution in [3.05, 3.63) is 0 Å². The van der Waals surface area contributed by atoms with E-state index in [9.17, 15) is 0 Å². The molecule has 1 aliphatic heterocycles. The Hall–Kier alpha value is 1.38. The second kappa shape index (κ2) is 7.09. The Labute approximate surface area is 127 Å². The Kier molecular flexibility index (Phi) is 6.12. The molecule has 1 saturated heterocycles. The average molecular weight is 448 g/mol. The van der Waals surface area contributed by atoms with Crippen molar-refractivity contribution >= 4 is 45.2 Å². The van der Waals surface area contributed by atoms with E-state index in [1.54, 1.807) is 0 Å². The molecule has 0 unspecified atom stereocenters. The summed E-state index contributed by atoms with van der Waals surface area (Å²) >= 11 is 5.04. The lowest BCUT2D eigenvalue weighted by Gasteiger charge is -2.37. The molecule has 0 aromatic carbocycles. The largest absolute Gasteiger partial charge is 0.301 e. The second-order valence-corrected chi connectivity index (χ2v) is 9.86. The summed E-state index contributed by atoms with van der Waals surface area (Å²) in [6.07, 6.45) is 7.42. The molecule has 0 spiro atoms. The molecule has 2 fully saturated rings. The van der Waals surface area contributed by atoms with Gasteiger partial charge >= 0.3 is 0 Å². The number of nitrogens with zero attached hydrogens (tertiary/aromatic N) is 2. The van der Waals surface area contributed by atoms with Gasteiger partial charge in [0.25, 0.3) is 0 Å². The Morgan fingerprint density at radius 3 is 2.12 bits per heavy atom. The molecule has 2 rings (SSSR count). The zero-order chi connectivity index (χ0) is 11.4. The molecule has 1 aliphatic carbocycles. The van der Waals surface area contributed by atoms with Crippen LogP contribution in [0.2, 0.25) is 0 Å². The van der Waals surface area contributed by atoms with Crippen LogP contribution in [-0.4, -0.2) is 44.6 Å². The molecular formula is C12H22I2N2. The van der Waals surface area contributed by atoms with E-state index in [2.05, 4.69) is 55.0 Å². The maximum absolute atomic E-state index is 2.70. The van der Waals surface area contributed by atoms with Crippen molar-refractivity contribution in [2.24, 2.45) is 5.92 Å². The normalized spacial score (nSPS) is 26.4. The Balaban J connectivity index is 1.68. The van der Waals surface area contributed by atoms with Crippen LogP contribution in [0.5, 0.6) is 0 Å². The van der Waals surface area contributed by atoms with Crippen molar-refractivity contribution in [3.63, 3.8) is 0 Å². The fraction of sp³-hybridized carbons (Fsp3) is 1.00. The minimum Gasteiger partial charge on any atom is -0.301 e. The summed E-state index contributed by atoms with van der Waals surface area (Å²) in [5.74, 6) is 1.01. The zero-order valence-electron chi connectivity index (χ0n) is 9.88. The number of hydrogen-bond acceptors (Lipinski definition) is 2. The van der Waals surface area contributed by atoms with Gasteiger partial charge in [-0.15, -0.1) is 0 Å². The molecule has 0 bridgehead atoms. The topological polar surface area (TPSA) is 6.48 Å². The predicted molar refractivity (Wildman–Crippen MR) is 86.4 cm³/mol. The zero-order valence-corrected chi connectivity index (χ0v) is 14.2. The maximum Gasteiger partial charge on any atom is 0.114 e. The fourth-order valence-corrected chi connectivity index (χ4v) is 3.99. The van der Waals surface area contributed by atoms with Crippen molar-refractivity contribution in [3.8, 4) is 0 Å². The molecule has 94 valence electrons. The second-order valence-electron chi connectivity index (χ2n) is 5.12. The third-order valence-corrected chi connectivity index (χ3v) is 5.50. The van der Waals surface area contributed by atoms with Gasteiger partial charge in [-0.1, -0.05) is 64.4 Å². The van der Waals surface area contributed by atoms with E-state index in [1.165, 1.54) is 64.8 Å². The average Bonchev–Trinajstić information content (AvgIpc) is 2.31. The van der Waals surface area contributed by atoms with Gasteiger partial charge in [0.15, 0.2) is 0 Å². The van der Waals surface area contributed by atoms with E-state index in [4.69, 9.17) is 0 Å².